The molecular weight excluding hydrogens is 448 g/mol. The Bertz CT molecular complexity index is 1220. The van der Waals surface area contributed by atoms with E-state index in [2.05, 4.69) is 24.1 Å². The maximum absolute atomic E-state index is 12.7. The van der Waals surface area contributed by atoms with Gasteiger partial charge in [0.05, 0.1) is 22.0 Å². The number of sulfonamides is 1. The molecule has 0 saturated heterocycles. The van der Waals surface area contributed by atoms with Crippen LogP contribution >= 0.6 is 11.6 Å². The molecule has 1 atom stereocenters. The van der Waals surface area contributed by atoms with Crippen LogP contribution in [0.4, 0.5) is 0 Å². The topological polar surface area (TPSA) is 84.3 Å². The van der Waals surface area contributed by atoms with Gasteiger partial charge in [0.25, 0.3) is 0 Å². The van der Waals surface area contributed by atoms with E-state index < -0.39 is 10.0 Å². The van der Waals surface area contributed by atoms with E-state index in [1.165, 1.54) is 18.4 Å². The molecule has 2 aromatic carbocycles. The first-order chi connectivity index (χ1) is 15.0. The smallest absolute Gasteiger partial charge is 0.242 e. The Balaban J connectivity index is 1.74. The number of aryl methyl sites for hydroxylation is 2. The highest BCUT2D eigenvalue weighted by atomic mass is 35.5. The summed E-state index contributed by atoms with van der Waals surface area (Å²) in [4.78, 5) is 17.5. The molecule has 0 aliphatic heterocycles. The minimum absolute atomic E-state index is 0.0680. The van der Waals surface area contributed by atoms with Crippen LogP contribution in [0.15, 0.2) is 47.4 Å². The van der Waals surface area contributed by atoms with Crippen LogP contribution in [0.1, 0.15) is 37.7 Å². The third kappa shape index (κ3) is 5.14. The molecule has 0 spiro atoms. The number of halogens is 1. The number of amides is 1. The van der Waals surface area contributed by atoms with E-state index in [4.69, 9.17) is 11.6 Å². The second-order valence-corrected chi connectivity index (χ2v) is 11.0. The average Bonchev–Trinajstić information content (AvgIpc) is 3.06. The molecule has 0 fully saturated rings. The van der Waals surface area contributed by atoms with Gasteiger partial charge >= 0.3 is 0 Å². The van der Waals surface area contributed by atoms with Gasteiger partial charge in [-0.25, -0.2) is 17.7 Å². The maximum atomic E-state index is 12.7. The average molecular weight is 477 g/mol. The number of aromatic nitrogens is 2. The molecule has 7 nitrogen and oxygen atoms in total. The van der Waals surface area contributed by atoms with Crippen molar-refractivity contribution >= 4 is 38.6 Å². The van der Waals surface area contributed by atoms with Crippen molar-refractivity contribution in [3.05, 3.63) is 58.9 Å². The fourth-order valence-corrected chi connectivity index (χ4v) is 4.65. The predicted molar refractivity (Wildman–Crippen MR) is 127 cm³/mol. The minimum Gasteiger partial charge on any atom is -0.349 e. The van der Waals surface area contributed by atoms with Crippen molar-refractivity contribution < 1.29 is 13.2 Å². The molecular formula is C23H29ClN4O3S. The van der Waals surface area contributed by atoms with Crippen LogP contribution in [-0.2, 0) is 28.3 Å². The van der Waals surface area contributed by atoms with Crippen molar-refractivity contribution in [2.45, 2.75) is 37.6 Å². The second-order valence-electron chi connectivity index (χ2n) is 8.37. The molecule has 0 saturated carbocycles. The molecule has 3 aromatic rings. The molecule has 0 bridgehead atoms. The molecule has 0 radical (unpaired) electrons. The first-order valence-corrected chi connectivity index (χ1v) is 12.2. The molecule has 1 aromatic heterocycles. The number of carbonyl (C=O) groups excluding carboxylic acids is 1. The molecule has 172 valence electrons. The number of hydrogen-bond donors (Lipinski definition) is 1. The molecule has 0 aliphatic carbocycles. The Morgan fingerprint density at radius 2 is 1.81 bits per heavy atom. The third-order valence-electron chi connectivity index (χ3n) is 5.51. The molecule has 9 heteroatoms. The van der Waals surface area contributed by atoms with Crippen molar-refractivity contribution in [3.8, 4) is 0 Å². The lowest BCUT2D eigenvalue weighted by Gasteiger charge is -2.23. The lowest BCUT2D eigenvalue weighted by atomic mass is 9.96. The van der Waals surface area contributed by atoms with Crippen molar-refractivity contribution in [3.63, 3.8) is 0 Å². The summed E-state index contributed by atoms with van der Waals surface area (Å²) in [6, 6.07) is 12.3. The van der Waals surface area contributed by atoms with E-state index in [-0.39, 0.29) is 29.2 Å². The van der Waals surface area contributed by atoms with Crippen molar-refractivity contribution in [2.75, 3.05) is 14.1 Å². The molecule has 1 amide bonds. The molecule has 3 rings (SSSR count). The summed E-state index contributed by atoms with van der Waals surface area (Å²) in [6.45, 7) is 4.12. The monoisotopic (exact) mass is 476 g/mol. The summed E-state index contributed by atoms with van der Waals surface area (Å²) < 4.78 is 27.9. The van der Waals surface area contributed by atoms with Gasteiger partial charge in [0.2, 0.25) is 15.9 Å². The van der Waals surface area contributed by atoms with Crippen LogP contribution in [0.25, 0.3) is 11.0 Å². The van der Waals surface area contributed by atoms with E-state index in [1.807, 2.05) is 35.9 Å². The lowest BCUT2D eigenvalue weighted by Crippen LogP contribution is -2.32. The van der Waals surface area contributed by atoms with Gasteiger partial charge in [-0.2, -0.15) is 0 Å². The molecule has 1 heterocycles. The first-order valence-electron chi connectivity index (χ1n) is 10.4. The van der Waals surface area contributed by atoms with Crippen molar-refractivity contribution in [1.82, 2.24) is 19.2 Å². The maximum Gasteiger partial charge on any atom is 0.242 e. The number of nitrogens with zero attached hydrogens (tertiary/aromatic N) is 3. The van der Waals surface area contributed by atoms with E-state index >= 15 is 0 Å². The number of rotatable bonds is 8. The number of benzene rings is 2. The number of carbonyl (C=O) groups is 1. The normalized spacial score (nSPS) is 13.1. The van der Waals surface area contributed by atoms with E-state index in [0.29, 0.717) is 17.0 Å². The molecule has 32 heavy (non-hydrogen) atoms. The number of fused-ring (bicyclic) bond motifs is 1. The summed E-state index contributed by atoms with van der Waals surface area (Å²) in [7, 11) is 1.32. The summed E-state index contributed by atoms with van der Waals surface area (Å²) in [5, 5.41) is 3.77. The zero-order chi connectivity index (χ0) is 23.6. The number of hydrogen-bond acceptors (Lipinski definition) is 4. The zero-order valence-electron chi connectivity index (χ0n) is 19.0. The third-order valence-corrected chi connectivity index (χ3v) is 7.57. The Hall–Kier alpha value is -2.42. The van der Waals surface area contributed by atoms with Gasteiger partial charge in [0, 0.05) is 39.0 Å². The molecule has 1 unspecified atom stereocenters. The molecule has 1 N–H and O–H groups in total. The summed E-state index contributed by atoms with van der Waals surface area (Å²) in [5.74, 6) is 0.872. The van der Waals surface area contributed by atoms with Gasteiger partial charge in [-0.15, -0.1) is 0 Å². The number of imidazole rings is 1. The highest BCUT2D eigenvalue weighted by Gasteiger charge is 2.21. The van der Waals surface area contributed by atoms with Crippen LogP contribution in [0.2, 0.25) is 5.02 Å². The van der Waals surface area contributed by atoms with Crippen LogP contribution < -0.4 is 5.32 Å². The van der Waals surface area contributed by atoms with Crippen LogP contribution in [0.5, 0.6) is 0 Å². The van der Waals surface area contributed by atoms with Crippen molar-refractivity contribution in [1.29, 1.82) is 0 Å². The van der Waals surface area contributed by atoms with Gasteiger partial charge in [-0.05, 0) is 41.8 Å². The fraction of sp³-hybridized carbons (Fsp3) is 0.391. The Morgan fingerprint density at radius 1 is 1.16 bits per heavy atom. The van der Waals surface area contributed by atoms with Gasteiger partial charge < -0.3 is 9.88 Å². The Labute approximate surface area is 194 Å². The van der Waals surface area contributed by atoms with Crippen LogP contribution in [0.3, 0.4) is 0 Å². The first kappa shape index (κ1) is 24.2. The Morgan fingerprint density at radius 3 is 2.41 bits per heavy atom. The van der Waals surface area contributed by atoms with Crippen molar-refractivity contribution in [2.24, 2.45) is 13.0 Å². The highest BCUT2D eigenvalue weighted by Crippen LogP contribution is 2.24. The van der Waals surface area contributed by atoms with E-state index in [9.17, 15) is 13.2 Å². The number of nitrogens with one attached hydrogen (secondary N) is 1. The second kappa shape index (κ2) is 9.60. The van der Waals surface area contributed by atoms with Gasteiger partial charge in [0.15, 0.2) is 0 Å². The zero-order valence-corrected chi connectivity index (χ0v) is 20.5. The van der Waals surface area contributed by atoms with Crippen LogP contribution in [0, 0.1) is 5.92 Å². The highest BCUT2D eigenvalue weighted by molar-refractivity contribution is 7.89. The van der Waals surface area contributed by atoms with E-state index in [0.717, 1.165) is 16.9 Å². The summed E-state index contributed by atoms with van der Waals surface area (Å²) >= 11 is 5.99. The predicted octanol–water partition coefficient (Wildman–Crippen LogP) is 3.92. The fourth-order valence-electron chi connectivity index (χ4n) is 3.60. The van der Waals surface area contributed by atoms with Gasteiger partial charge in [0.1, 0.15) is 5.82 Å². The van der Waals surface area contributed by atoms with E-state index in [1.54, 1.807) is 18.2 Å². The largest absolute Gasteiger partial charge is 0.349 e. The molecule has 0 aliphatic rings. The SMILES string of the molecule is CC(C)C(NC(=O)CCc1nc2cc(S(=O)(=O)N(C)C)ccc2n1C)c1ccc(Cl)cc1. The summed E-state index contributed by atoms with van der Waals surface area (Å²) in [6.07, 6.45) is 0.717. The summed E-state index contributed by atoms with van der Waals surface area (Å²) in [5.41, 5.74) is 2.42. The standard InChI is InChI=1S/C23H29ClN4O3S/c1-15(2)23(16-6-8-17(24)9-7-16)26-22(29)13-12-21-25-19-14-18(32(30,31)27(3)4)10-11-20(19)28(21)5/h6-11,14-15,23H,12-13H2,1-5H3,(H,26,29). The Kier molecular flexibility index (Phi) is 7.27. The lowest BCUT2D eigenvalue weighted by molar-refractivity contribution is -0.122. The van der Waals surface area contributed by atoms with Gasteiger partial charge in [-0.1, -0.05) is 37.6 Å². The van der Waals surface area contributed by atoms with Crippen LogP contribution in [-0.4, -0.2) is 42.3 Å². The van der Waals surface area contributed by atoms with Gasteiger partial charge in [-0.3, -0.25) is 4.79 Å². The minimum atomic E-state index is -3.54. The quantitative estimate of drug-likeness (QED) is 0.534.